The van der Waals surface area contributed by atoms with Crippen LogP contribution in [0.3, 0.4) is 0 Å². The first-order valence-electron chi connectivity index (χ1n) is 13.1. The summed E-state index contributed by atoms with van der Waals surface area (Å²) in [5, 5.41) is 0. The molecular formula is C26H47NO2. The third kappa shape index (κ3) is 7.26. The quantitative estimate of drug-likeness (QED) is 0.314. The Morgan fingerprint density at radius 1 is 0.759 bits per heavy atom. The van der Waals surface area contributed by atoms with Crippen LogP contribution in [0.4, 0.5) is 0 Å². The molecule has 0 aromatic carbocycles. The van der Waals surface area contributed by atoms with Gasteiger partial charge in [0.05, 0.1) is 5.92 Å². The van der Waals surface area contributed by atoms with E-state index in [1.165, 1.54) is 77.0 Å². The second kappa shape index (κ2) is 12.3. The zero-order valence-electron chi connectivity index (χ0n) is 19.4. The Morgan fingerprint density at radius 3 is 2.00 bits per heavy atom. The molecule has 1 saturated heterocycles. The average molecular weight is 406 g/mol. The highest BCUT2D eigenvalue weighted by molar-refractivity contribution is 5.72. The molecule has 0 aromatic heterocycles. The lowest BCUT2D eigenvalue weighted by Crippen LogP contribution is -2.45. The third-order valence-electron chi connectivity index (χ3n) is 8.19. The maximum absolute atomic E-state index is 12.6. The van der Waals surface area contributed by atoms with E-state index in [2.05, 4.69) is 18.7 Å². The van der Waals surface area contributed by atoms with Gasteiger partial charge in [0.25, 0.3) is 0 Å². The number of esters is 1. The number of likely N-dealkylation sites (tertiary alicyclic amines) is 1. The summed E-state index contributed by atoms with van der Waals surface area (Å²) < 4.78 is 5.97. The number of nitrogens with zero attached hydrogens (tertiary/aromatic N) is 1. The van der Waals surface area contributed by atoms with Crippen molar-refractivity contribution in [1.82, 2.24) is 4.90 Å². The Hall–Kier alpha value is -0.570. The molecule has 0 amide bonds. The van der Waals surface area contributed by atoms with Gasteiger partial charge in [0.1, 0.15) is 6.10 Å². The minimum absolute atomic E-state index is 0.117. The highest BCUT2D eigenvalue weighted by Crippen LogP contribution is 2.34. The lowest BCUT2D eigenvalue weighted by Gasteiger charge is -2.41. The number of ether oxygens (including phenoxy) is 1. The van der Waals surface area contributed by atoms with E-state index in [1.807, 2.05) is 0 Å². The van der Waals surface area contributed by atoms with Crippen LogP contribution in [0.2, 0.25) is 0 Å². The number of hydrogen-bond acceptors (Lipinski definition) is 3. The molecule has 0 spiro atoms. The van der Waals surface area contributed by atoms with Crippen molar-refractivity contribution in [2.45, 2.75) is 129 Å². The molecule has 3 aliphatic rings. The number of unbranched alkanes of at least 4 members (excludes halogenated alkanes) is 2. The number of hydrogen-bond donors (Lipinski definition) is 0. The predicted octanol–water partition coefficient (Wildman–Crippen LogP) is 6.74. The first-order valence-corrected chi connectivity index (χ1v) is 13.1. The van der Waals surface area contributed by atoms with Gasteiger partial charge in [-0.05, 0) is 76.0 Å². The summed E-state index contributed by atoms with van der Waals surface area (Å²) in [5.41, 5.74) is 0. The Kier molecular flexibility index (Phi) is 9.82. The van der Waals surface area contributed by atoms with Crippen molar-refractivity contribution >= 4 is 5.97 Å². The average Bonchev–Trinajstić information content (AvgIpc) is 2.76. The van der Waals surface area contributed by atoms with Crippen molar-refractivity contribution in [2.24, 2.45) is 17.8 Å². The van der Waals surface area contributed by atoms with Crippen LogP contribution in [0.25, 0.3) is 0 Å². The zero-order chi connectivity index (χ0) is 20.5. The third-order valence-corrected chi connectivity index (χ3v) is 8.19. The maximum atomic E-state index is 12.6. The Bertz CT molecular complexity index is 455. The minimum atomic E-state index is 0.117. The van der Waals surface area contributed by atoms with Gasteiger partial charge < -0.3 is 9.64 Å². The molecule has 0 unspecified atom stereocenters. The van der Waals surface area contributed by atoms with Gasteiger partial charge in [-0.1, -0.05) is 52.4 Å². The molecular weight excluding hydrogens is 358 g/mol. The van der Waals surface area contributed by atoms with Gasteiger partial charge in [-0.25, -0.2) is 0 Å². The van der Waals surface area contributed by atoms with Crippen molar-refractivity contribution in [2.75, 3.05) is 13.1 Å². The molecule has 0 radical (unpaired) electrons. The van der Waals surface area contributed by atoms with E-state index in [4.69, 9.17) is 4.74 Å². The van der Waals surface area contributed by atoms with Gasteiger partial charge in [-0.3, -0.25) is 4.79 Å². The van der Waals surface area contributed by atoms with Crippen LogP contribution in [0, 0.1) is 17.8 Å². The van der Waals surface area contributed by atoms with Crippen LogP contribution >= 0.6 is 0 Å². The number of carbonyl (C=O) groups is 1. The zero-order valence-corrected chi connectivity index (χ0v) is 19.4. The summed E-state index contributed by atoms with van der Waals surface area (Å²) >= 11 is 0. The molecule has 29 heavy (non-hydrogen) atoms. The van der Waals surface area contributed by atoms with E-state index in [0.29, 0.717) is 0 Å². The maximum Gasteiger partial charge on any atom is 0.309 e. The van der Waals surface area contributed by atoms with Gasteiger partial charge in [0.15, 0.2) is 0 Å². The lowest BCUT2D eigenvalue weighted by molar-refractivity contribution is -0.158. The van der Waals surface area contributed by atoms with Crippen LogP contribution in [0.1, 0.15) is 117 Å². The summed E-state index contributed by atoms with van der Waals surface area (Å²) in [5.74, 6) is 2.15. The molecule has 1 heterocycles. The summed E-state index contributed by atoms with van der Waals surface area (Å²) in [7, 11) is 0. The molecule has 3 heteroatoms. The molecule has 1 aliphatic heterocycles. The smallest absolute Gasteiger partial charge is 0.309 e. The molecule has 3 fully saturated rings. The summed E-state index contributed by atoms with van der Waals surface area (Å²) in [6.45, 7) is 6.83. The fourth-order valence-electron chi connectivity index (χ4n) is 6.20. The lowest BCUT2D eigenvalue weighted by atomic mass is 9.80. The molecule has 168 valence electrons. The van der Waals surface area contributed by atoms with Crippen molar-refractivity contribution in [3.8, 4) is 0 Å². The SMILES string of the molecule is CCCCC[C@H]1CC[C@H](N2CCC(OC(=O)[C@H]3CC[C@H](CCC)CC3)CC2)CC1. The predicted molar refractivity (Wildman–Crippen MR) is 121 cm³/mol. The van der Waals surface area contributed by atoms with Crippen molar-refractivity contribution < 1.29 is 9.53 Å². The molecule has 2 saturated carbocycles. The fourth-order valence-corrected chi connectivity index (χ4v) is 6.20. The van der Waals surface area contributed by atoms with Gasteiger partial charge >= 0.3 is 5.97 Å². The van der Waals surface area contributed by atoms with Crippen LogP contribution in [0.15, 0.2) is 0 Å². The van der Waals surface area contributed by atoms with Crippen LogP contribution in [-0.4, -0.2) is 36.1 Å². The second-order valence-corrected chi connectivity index (χ2v) is 10.3. The first-order chi connectivity index (χ1) is 14.2. The van der Waals surface area contributed by atoms with E-state index in [1.54, 1.807) is 0 Å². The topological polar surface area (TPSA) is 29.5 Å². The summed E-state index contributed by atoms with van der Waals surface area (Å²) in [4.78, 5) is 15.3. The van der Waals surface area contributed by atoms with E-state index < -0.39 is 0 Å². The van der Waals surface area contributed by atoms with Crippen molar-refractivity contribution in [3.05, 3.63) is 0 Å². The standard InChI is InChI=1S/C26H47NO2/c1-3-5-6-8-22-11-15-24(16-12-22)27-19-17-25(18-20-27)29-26(28)23-13-9-21(7-4-2)10-14-23/h21-25H,3-20H2,1-2H3/t21-,22-,23-,24-. The normalized spacial score (nSPS) is 32.2. The van der Waals surface area contributed by atoms with Gasteiger partial charge in [-0.2, -0.15) is 0 Å². The van der Waals surface area contributed by atoms with Crippen LogP contribution in [0.5, 0.6) is 0 Å². The van der Waals surface area contributed by atoms with Crippen molar-refractivity contribution in [3.63, 3.8) is 0 Å². The van der Waals surface area contributed by atoms with Crippen LogP contribution in [-0.2, 0) is 9.53 Å². The molecule has 0 aromatic rings. The second-order valence-electron chi connectivity index (χ2n) is 10.3. The van der Waals surface area contributed by atoms with Crippen LogP contribution < -0.4 is 0 Å². The molecule has 3 rings (SSSR count). The molecule has 0 bridgehead atoms. The number of carbonyl (C=O) groups excluding carboxylic acids is 1. The number of rotatable bonds is 9. The highest BCUT2D eigenvalue weighted by Gasteiger charge is 2.32. The molecule has 0 atom stereocenters. The van der Waals surface area contributed by atoms with Gasteiger partial charge in [0.2, 0.25) is 0 Å². The van der Waals surface area contributed by atoms with E-state index >= 15 is 0 Å². The molecule has 3 nitrogen and oxygen atoms in total. The van der Waals surface area contributed by atoms with E-state index in [9.17, 15) is 4.79 Å². The largest absolute Gasteiger partial charge is 0.462 e. The first kappa shape index (κ1) is 23.1. The van der Waals surface area contributed by atoms with Gasteiger partial charge in [-0.15, -0.1) is 0 Å². The minimum Gasteiger partial charge on any atom is -0.462 e. The summed E-state index contributed by atoms with van der Waals surface area (Å²) in [6.07, 6.45) is 20.8. The highest BCUT2D eigenvalue weighted by atomic mass is 16.5. The monoisotopic (exact) mass is 405 g/mol. The fraction of sp³-hybridized carbons (Fsp3) is 0.962. The Balaban J connectivity index is 1.30. The molecule has 0 N–H and O–H groups in total. The van der Waals surface area contributed by atoms with E-state index in [0.717, 1.165) is 56.7 Å². The summed E-state index contributed by atoms with van der Waals surface area (Å²) in [6, 6.07) is 0.794. The van der Waals surface area contributed by atoms with Gasteiger partial charge in [0, 0.05) is 19.1 Å². The number of piperidine rings is 1. The van der Waals surface area contributed by atoms with Crippen molar-refractivity contribution in [1.29, 1.82) is 0 Å². The van der Waals surface area contributed by atoms with E-state index in [-0.39, 0.29) is 18.0 Å². The molecule has 2 aliphatic carbocycles. The Morgan fingerprint density at radius 2 is 1.38 bits per heavy atom. The Labute approximate surface area is 180 Å².